The van der Waals surface area contributed by atoms with Crippen molar-refractivity contribution in [3.05, 3.63) is 66.2 Å². The minimum Gasteiger partial charge on any atom is -0.452 e. The number of fused-ring (bicyclic) bond motifs is 4. The summed E-state index contributed by atoms with van der Waals surface area (Å²) in [4.78, 5) is 39.0. The fourth-order valence-corrected chi connectivity index (χ4v) is 4.24. The van der Waals surface area contributed by atoms with E-state index >= 15 is 0 Å². The van der Waals surface area contributed by atoms with Gasteiger partial charge in [-0.25, -0.2) is 4.79 Å². The largest absolute Gasteiger partial charge is 0.452 e. The number of nitrogens with one attached hydrogen (secondary N) is 2. The Balaban J connectivity index is 1.22. The summed E-state index contributed by atoms with van der Waals surface area (Å²) >= 11 is 0. The summed E-state index contributed by atoms with van der Waals surface area (Å²) in [6, 6.07) is 18.4. The second-order valence-corrected chi connectivity index (χ2v) is 7.76. The fourth-order valence-electron chi connectivity index (χ4n) is 4.24. The maximum absolute atomic E-state index is 12.4. The van der Waals surface area contributed by atoms with Crippen LogP contribution in [0.3, 0.4) is 0 Å². The number of benzene rings is 3. The van der Waals surface area contributed by atoms with Crippen molar-refractivity contribution in [3.63, 3.8) is 0 Å². The molecule has 0 radical (unpaired) electrons. The summed E-state index contributed by atoms with van der Waals surface area (Å²) in [5.41, 5.74) is 2.43. The van der Waals surface area contributed by atoms with Crippen molar-refractivity contribution in [2.75, 3.05) is 28.7 Å². The van der Waals surface area contributed by atoms with Gasteiger partial charge in [0, 0.05) is 12.2 Å². The van der Waals surface area contributed by atoms with Gasteiger partial charge in [0.15, 0.2) is 6.61 Å². The smallest absolute Gasteiger partial charge is 0.338 e. The first kappa shape index (κ1) is 19.1. The highest BCUT2D eigenvalue weighted by atomic mass is 16.5. The van der Waals surface area contributed by atoms with Gasteiger partial charge in [0.2, 0.25) is 5.91 Å². The number of ether oxygens (including phenoxy) is 1. The van der Waals surface area contributed by atoms with Gasteiger partial charge in [0.1, 0.15) is 6.04 Å². The number of hydrogen-bond donors (Lipinski definition) is 2. The monoisotopic (exact) mass is 415 g/mol. The van der Waals surface area contributed by atoms with E-state index in [1.165, 1.54) is 0 Å². The number of amides is 2. The molecule has 2 heterocycles. The van der Waals surface area contributed by atoms with Crippen molar-refractivity contribution in [3.8, 4) is 0 Å². The van der Waals surface area contributed by atoms with Crippen LogP contribution in [0.15, 0.2) is 60.7 Å². The zero-order chi connectivity index (χ0) is 21.4. The standard InChI is InChI=1S/C24H21N3O4/c28-22(25-18-9-7-15-4-1-2-5-16(15)12-18)14-31-24(30)17-8-10-20-19(13-17)26-23(29)21-6-3-11-27(20)21/h1-2,4-5,7-10,12-13,21H,3,6,11,14H2,(H,25,28)(H,26,29)/t21-/m0/s1. The summed E-state index contributed by atoms with van der Waals surface area (Å²) in [7, 11) is 0. The van der Waals surface area contributed by atoms with Crippen molar-refractivity contribution in [2.24, 2.45) is 0 Å². The molecule has 2 amide bonds. The Hall–Kier alpha value is -3.87. The average molecular weight is 415 g/mol. The highest BCUT2D eigenvalue weighted by Crippen LogP contribution is 2.37. The molecule has 1 atom stereocenters. The van der Waals surface area contributed by atoms with Crippen LogP contribution in [-0.4, -0.2) is 37.0 Å². The van der Waals surface area contributed by atoms with E-state index in [4.69, 9.17) is 4.74 Å². The van der Waals surface area contributed by atoms with E-state index < -0.39 is 18.5 Å². The molecule has 2 aliphatic rings. The van der Waals surface area contributed by atoms with Crippen LogP contribution in [0.5, 0.6) is 0 Å². The predicted octanol–water partition coefficient (Wildman–Crippen LogP) is 3.56. The highest BCUT2D eigenvalue weighted by molar-refractivity contribution is 6.05. The van der Waals surface area contributed by atoms with Crippen molar-refractivity contribution >= 4 is 45.6 Å². The molecule has 0 bridgehead atoms. The lowest BCUT2D eigenvalue weighted by molar-refractivity contribution is -0.119. The second kappa shape index (κ2) is 7.75. The van der Waals surface area contributed by atoms with Crippen LogP contribution in [0.1, 0.15) is 23.2 Å². The van der Waals surface area contributed by atoms with Gasteiger partial charge >= 0.3 is 5.97 Å². The van der Waals surface area contributed by atoms with Gasteiger partial charge < -0.3 is 20.3 Å². The highest BCUT2D eigenvalue weighted by Gasteiger charge is 2.36. The fraction of sp³-hybridized carbons (Fsp3) is 0.208. The van der Waals surface area contributed by atoms with E-state index in [9.17, 15) is 14.4 Å². The Morgan fingerprint density at radius 1 is 1.06 bits per heavy atom. The first-order valence-corrected chi connectivity index (χ1v) is 10.3. The van der Waals surface area contributed by atoms with E-state index in [-0.39, 0.29) is 17.5 Å². The van der Waals surface area contributed by atoms with Gasteiger partial charge in [-0.15, -0.1) is 0 Å². The lowest BCUT2D eigenvalue weighted by Gasteiger charge is -2.33. The van der Waals surface area contributed by atoms with Gasteiger partial charge in [-0.1, -0.05) is 30.3 Å². The van der Waals surface area contributed by atoms with Crippen molar-refractivity contribution in [1.29, 1.82) is 0 Å². The third kappa shape index (κ3) is 3.70. The number of rotatable bonds is 4. The van der Waals surface area contributed by atoms with Crippen LogP contribution in [0.4, 0.5) is 17.1 Å². The molecule has 3 aromatic carbocycles. The molecular formula is C24H21N3O4. The number of anilines is 3. The van der Waals surface area contributed by atoms with Gasteiger partial charge in [-0.3, -0.25) is 9.59 Å². The molecular weight excluding hydrogens is 394 g/mol. The zero-order valence-corrected chi connectivity index (χ0v) is 16.8. The molecule has 7 nitrogen and oxygen atoms in total. The summed E-state index contributed by atoms with van der Waals surface area (Å²) in [5, 5.41) is 7.70. The third-order valence-corrected chi connectivity index (χ3v) is 5.72. The van der Waals surface area contributed by atoms with Gasteiger partial charge in [0.05, 0.1) is 16.9 Å². The van der Waals surface area contributed by atoms with Crippen molar-refractivity contribution < 1.29 is 19.1 Å². The Morgan fingerprint density at radius 2 is 1.90 bits per heavy atom. The summed E-state index contributed by atoms with van der Waals surface area (Å²) in [6.45, 7) is 0.424. The van der Waals surface area contributed by atoms with Crippen LogP contribution in [0.25, 0.3) is 10.8 Å². The van der Waals surface area contributed by atoms with Crippen molar-refractivity contribution in [1.82, 2.24) is 0 Å². The molecule has 2 N–H and O–H groups in total. The Kier molecular flexibility index (Phi) is 4.78. The molecule has 31 heavy (non-hydrogen) atoms. The molecule has 0 aliphatic carbocycles. The zero-order valence-electron chi connectivity index (χ0n) is 16.8. The number of carbonyl (C=O) groups excluding carboxylic acids is 3. The van der Waals surface area contributed by atoms with Crippen LogP contribution < -0.4 is 15.5 Å². The number of carbonyl (C=O) groups is 3. The topological polar surface area (TPSA) is 87.7 Å². The maximum Gasteiger partial charge on any atom is 0.338 e. The lowest BCUT2D eigenvalue weighted by Crippen LogP contribution is -2.43. The first-order chi connectivity index (χ1) is 15.1. The Labute approximate surface area is 179 Å². The van der Waals surface area contributed by atoms with Gasteiger partial charge in [-0.2, -0.15) is 0 Å². The van der Waals surface area contributed by atoms with E-state index in [0.29, 0.717) is 11.4 Å². The normalized spacial score (nSPS) is 17.0. The second-order valence-electron chi connectivity index (χ2n) is 7.76. The molecule has 0 aromatic heterocycles. The molecule has 0 saturated carbocycles. The van der Waals surface area contributed by atoms with Crippen molar-refractivity contribution in [2.45, 2.75) is 18.9 Å². The number of nitrogens with zero attached hydrogens (tertiary/aromatic N) is 1. The van der Waals surface area contributed by atoms with E-state index in [2.05, 4.69) is 15.5 Å². The van der Waals surface area contributed by atoms with Crippen LogP contribution in [0, 0.1) is 0 Å². The Morgan fingerprint density at radius 3 is 2.77 bits per heavy atom. The first-order valence-electron chi connectivity index (χ1n) is 10.3. The molecule has 5 rings (SSSR count). The average Bonchev–Trinajstić information content (AvgIpc) is 3.28. The van der Waals surface area contributed by atoms with E-state index in [1.54, 1.807) is 18.2 Å². The Bertz CT molecular complexity index is 1210. The van der Waals surface area contributed by atoms with Gasteiger partial charge in [-0.05, 0) is 53.9 Å². The lowest BCUT2D eigenvalue weighted by atomic mass is 10.1. The molecule has 2 aliphatic heterocycles. The van der Waals surface area contributed by atoms with Crippen LogP contribution in [0.2, 0.25) is 0 Å². The van der Waals surface area contributed by atoms with Crippen LogP contribution >= 0.6 is 0 Å². The molecule has 3 aromatic rings. The predicted molar refractivity (Wildman–Crippen MR) is 118 cm³/mol. The molecule has 0 unspecified atom stereocenters. The summed E-state index contributed by atoms with van der Waals surface area (Å²) in [5.74, 6) is -1.09. The van der Waals surface area contributed by atoms with E-state index in [0.717, 1.165) is 35.8 Å². The molecule has 1 fully saturated rings. The molecule has 156 valence electrons. The third-order valence-electron chi connectivity index (χ3n) is 5.72. The van der Waals surface area contributed by atoms with E-state index in [1.807, 2.05) is 42.5 Å². The van der Waals surface area contributed by atoms with Gasteiger partial charge in [0.25, 0.3) is 5.91 Å². The molecule has 1 saturated heterocycles. The minimum absolute atomic E-state index is 0.0507. The summed E-state index contributed by atoms with van der Waals surface area (Å²) in [6.07, 6.45) is 1.80. The SMILES string of the molecule is O=C(COC(=O)c1ccc2c(c1)NC(=O)[C@@H]1CCCN21)Nc1ccc2ccccc2c1. The number of esters is 1. The minimum atomic E-state index is -0.616. The number of hydrogen-bond acceptors (Lipinski definition) is 5. The quantitative estimate of drug-likeness (QED) is 0.637. The molecule has 7 heteroatoms. The molecule has 0 spiro atoms. The maximum atomic E-state index is 12.4. The van der Waals surface area contributed by atoms with Crippen LogP contribution in [-0.2, 0) is 14.3 Å². The summed E-state index contributed by atoms with van der Waals surface area (Å²) < 4.78 is 5.18.